The summed E-state index contributed by atoms with van der Waals surface area (Å²) < 4.78 is 26.5. The van der Waals surface area contributed by atoms with Gasteiger partial charge in [-0.3, -0.25) is 13.9 Å². The molecular formula is C26H36ClN3O4S. The highest BCUT2D eigenvalue weighted by molar-refractivity contribution is 7.92. The van der Waals surface area contributed by atoms with Crippen molar-refractivity contribution >= 4 is 39.1 Å². The fourth-order valence-corrected chi connectivity index (χ4v) is 5.20. The SMILES string of the molecule is CCNC(=O)[C@H](CC)N(Cc1ccccc1Cl)C(=O)CCCN(c1cc(C)ccc1C)S(C)(=O)=O. The molecule has 0 radical (unpaired) electrons. The van der Waals surface area contributed by atoms with E-state index in [1.165, 1.54) is 10.6 Å². The van der Waals surface area contributed by atoms with Gasteiger partial charge >= 0.3 is 0 Å². The fraction of sp³-hybridized carbons (Fsp3) is 0.462. The smallest absolute Gasteiger partial charge is 0.242 e. The molecule has 0 saturated carbocycles. The van der Waals surface area contributed by atoms with Gasteiger partial charge in [-0.05, 0) is 62.4 Å². The summed E-state index contributed by atoms with van der Waals surface area (Å²) >= 11 is 6.34. The maximum Gasteiger partial charge on any atom is 0.242 e. The lowest BCUT2D eigenvalue weighted by Crippen LogP contribution is -2.49. The first kappa shape index (κ1) is 28.7. The lowest BCUT2D eigenvalue weighted by atomic mass is 10.1. The van der Waals surface area contributed by atoms with Gasteiger partial charge in [-0.1, -0.05) is 48.9 Å². The quantitative estimate of drug-likeness (QED) is 0.447. The first-order valence-corrected chi connectivity index (χ1v) is 14.1. The highest BCUT2D eigenvalue weighted by Crippen LogP contribution is 2.25. The van der Waals surface area contributed by atoms with Crippen molar-refractivity contribution in [2.75, 3.05) is 23.7 Å². The number of hydrogen-bond acceptors (Lipinski definition) is 4. The van der Waals surface area contributed by atoms with Crippen LogP contribution in [0.15, 0.2) is 42.5 Å². The zero-order valence-corrected chi connectivity index (χ0v) is 22.7. The van der Waals surface area contributed by atoms with Crippen LogP contribution in [0.3, 0.4) is 0 Å². The van der Waals surface area contributed by atoms with Gasteiger partial charge in [-0.2, -0.15) is 0 Å². The topological polar surface area (TPSA) is 86.8 Å². The third-order valence-electron chi connectivity index (χ3n) is 5.82. The minimum absolute atomic E-state index is 0.0945. The maximum atomic E-state index is 13.4. The van der Waals surface area contributed by atoms with Crippen LogP contribution in [0.4, 0.5) is 5.69 Å². The molecule has 0 aliphatic carbocycles. The average Bonchev–Trinajstić information content (AvgIpc) is 2.79. The van der Waals surface area contributed by atoms with E-state index in [1.54, 1.807) is 11.0 Å². The molecule has 7 nitrogen and oxygen atoms in total. The van der Waals surface area contributed by atoms with Crippen LogP contribution in [0.1, 0.15) is 49.8 Å². The largest absolute Gasteiger partial charge is 0.355 e. The molecule has 0 heterocycles. The number of nitrogens with one attached hydrogen (secondary N) is 1. The van der Waals surface area contributed by atoms with Gasteiger partial charge in [0.05, 0.1) is 11.9 Å². The molecule has 2 aromatic carbocycles. The summed E-state index contributed by atoms with van der Waals surface area (Å²) in [5.74, 6) is -0.444. The van der Waals surface area contributed by atoms with Crippen LogP contribution in [-0.2, 0) is 26.2 Å². The highest BCUT2D eigenvalue weighted by atomic mass is 35.5. The van der Waals surface area contributed by atoms with Crippen molar-refractivity contribution in [3.05, 3.63) is 64.2 Å². The molecule has 2 rings (SSSR count). The first-order valence-electron chi connectivity index (χ1n) is 11.8. The van der Waals surface area contributed by atoms with E-state index < -0.39 is 16.1 Å². The number of anilines is 1. The summed E-state index contributed by atoms with van der Waals surface area (Å²) in [6.07, 6.45) is 2.02. The molecule has 0 unspecified atom stereocenters. The Labute approximate surface area is 214 Å². The molecule has 35 heavy (non-hydrogen) atoms. The molecular weight excluding hydrogens is 486 g/mol. The Bertz CT molecular complexity index is 1140. The molecule has 2 amide bonds. The Hall–Kier alpha value is -2.58. The maximum absolute atomic E-state index is 13.4. The summed E-state index contributed by atoms with van der Waals surface area (Å²) in [6, 6.07) is 12.2. The van der Waals surface area contributed by atoms with Crippen LogP contribution < -0.4 is 9.62 Å². The summed E-state index contributed by atoms with van der Waals surface area (Å²) in [4.78, 5) is 27.7. The molecule has 1 N–H and O–H groups in total. The number of halogens is 1. The molecule has 0 aliphatic rings. The van der Waals surface area contributed by atoms with Crippen LogP contribution in [0.5, 0.6) is 0 Å². The summed E-state index contributed by atoms with van der Waals surface area (Å²) in [5.41, 5.74) is 3.16. The first-order chi connectivity index (χ1) is 16.5. The van der Waals surface area contributed by atoms with Crippen LogP contribution in [0.2, 0.25) is 5.02 Å². The van der Waals surface area contributed by atoms with Crippen molar-refractivity contribution in [3.63, 3.8) is 0 Å². The number of sulfonamides is 1. The van der Waals surface area contributed by atoms with Crippen molar-refractivity contribution in [2.45, 2.75) is 59.5 Å². The number of likely N-dealkylation sites (N-methyl/N-ethyl adjacent to an activating group) is 1. The van der Waals surface area contributed by atoms with Gasteiger partial charge in [0.2, 0.25) is 21.8 Å². The summed E-state index contributed by atoms with van der Waals surface area (Å²) in [5, 5.41) is 3.33. The number of nitrogens with zero attached hydrogens (tertiary/aromatic N) is 2. The number of carbonyl (C=O) groups is 2. The van der Waals surface area contributed by atoms with Crippen molar-refractivity contribution in [3.8, 4) is 0 Å². The van der Waals surface area contributed by atoms with Gasteiger partial charge < -0.3 is 10.2 Å². The lowest BCUT2D eigenvalue weighted by molar-refractivity contribution is -0.141. The number of amides is 2. The van der Waals surface area contributed by atoms with E-state index in [4.69, 9.17) is 11.6 Å². The Morgan fingerprint density at radius 2 is 1.77 bits per heavy atom. The lowest BCUT2D eigenvalue weighted by Gasteiger charge is -2.31. The second kappa shape index (κ2) is 12.9. The molecule has 0 bridgehead atoms. The van der Waals surface area contributed by atoms with E-state index in [0.29, 0.717) is 30.1 Å². The normalized spacial score (nSPS) is 12.2. The van der Waals surface area contributed by atoms with E-state index in [0.717, 1.165) is 16.7 Å². The molecule has 9 heteroatoms. The molecule has 1 atom stereocenters. The van der Waals surface area contributed by atoms with Crippen LogP contribution in [-0.4, -0.2) is 50.5 Å². The van der Waals surface area contributed by atoms with Gasteiger partial charge in [0, 0.05) is 31.1 Å². The molecule has 192 valence electrons. The van der Waals surface area contributed by atoms with Crippen LogP contribution in [0.25, 0.3) is 0 Å². The minimum atomic E-state index is -3.54. The van der Waals surface area contributed by atoms with Crippen LogP contribution >= 0.6 is 11.6 Å². The summed E-state index contributed by atoms with van der Waals surface area (Å²) in [7, 11) is -3.54. The zero-order valence-electron chi connectivity index (χ0n) is 21.2. The number of carbonyl (C=O) groups excluding carboxylic acids is 2. The van der Waals surface area contributed by atoms with Gasteiger partial charge in [0.25, 0.3) is 0 Å². The van der Waals surface area contributed by atoms with E-state index >= 15 is 0 Å². The van der Waals surface area contributed by atoms with Gasteiger partial charge in [-0.25, -0.2) is 8.42 Å². The van der Waals surface area contributed by atoms with Gasteiger partial charge in [0.15, 0.2) is 0 Å². The fourth-order valence-electron chi connectivity index (χ4n) is 3.99. The third kappa shape index (κ3) is 7.97. The standard InChI is InChI=1S/C26H36ClN3O4S/c1-6-23(26(32)28-7-2)29(18-21-11-8-9-12-22(21)27)25(31)13-10-16-30(35(5,33)34)24-17-19(3)14-15-20(24)4/h8-9,11-12,14-15,17,23H,6-7,10,13,16,18H2,1-5H3,(H,28,32)/t23-/m0/s1. The number of aryl methyl sites for hydroxylation is 2. The van der Waals surface area contributed by atoms with Crippen molar-refractivity contribution in [1.29, 1.82) is 0 Å². The second-order valence-electron chi connectivity index (χ2n) is 8.66. The van der Waals surface area contributed by atoms with Crippen LogP contribution in [0, 0.1) is 13.8 Å². The summed E-state index contributed by atoms with van der Waals surface area (Å²) in [6.45, 7) is 8.28. The molecule has 0 aliphatic heterocycles. The molecule has 0 fully saturated rings. The Balaban J connectivity index is 2.25. The average molecular weight is 522 g/mol. The van der Waals surface area contributed by atoms with E-state index in [-0.39, 0.29) is 31.3 Å². The Morgan fingerprint density at radius 3 is 2.37 bits per heavy atom. The Morgan fingerprint density at radius 1 is 1.09 bits per heavy atom. The number of hydrogen-bond donors (Lipinski definition) is 1. The van der Waals surface area contributed by atoms with E-state index in [1.807, 2.05) is 64.1 Å². The minimum Gasteiger partial charge on any atom is -0.355 e. The molecule has 2 aromatic rings. The van der Waals surface area contributed by atoms with E-state index in [9.17, 15) is 18.0 Å². The predicted molar refractivity (Wildman–Crippen MR) is 142 cm³/mol. The number of rotatable bonds is 12. The third-order valence-corrected chi connectivity index (χ3v) is 7.37. The predicted octanol–water partition coefficient (Wildman–Crippen LogP) is 4.45. The molecule has 0 saturated heterocycles. The number of benzene rings is 2. The zero-order chi connectivity index (χ0) is 26.2. The highest BCUT2D eigenvalue weighted by Gasteiger charge is 2.29. The van der Waals surface area contributed by atoms with Crippen molar-refractivity contribution in [1.82, 2.24) is 10.2 Å². The Kier molecular flexibility index (Phi) is 10.6. The molecule has 0 aromatic heterocycles. The second-order valence-corrected chi connectivity index (χ2v) is 11.0. The monoisotopic (exact) mass is 521 g/mol. The van der Waals surface area contributed by atoms with Crippen molar-refractivity contribution < 1.29 is 18.0 Å². The van der Waals surface area contributed by atoms with E-state index in [2.05, 4.69) is 5.32 Å². The molecule has 0 spiro atoms. The van der Waals surface area contributed by atoms with Crippen molar-refractivity contribution in [2.24, 2.45) is 0 Å². The van der Waals surface area contributed by atoms with Gasteiger partial charge in [0.1, 0.15) is 6.04 Å². The van der Waals surface area contributed by atoms with Gasteiger partial charge in [-0.15, -0.1) is 0 Å².